The first-order valence-electron chi connectivity index (χ1n) is 8.77. The first-order chi connectivity index (χ1) is 9.91. The van der Waals surface area contributed by atoms with Crippen LogP contribution in [0.15, 0.2) is 0 Å². The van der Waals surface area contributed by atoms with E-state index in [1.807, 2.05) is 0 Å². The van der Waals surface area contributed by atoms with Crippen LogP contribution in [-0.2, 0) is 9.47 Å². The predicted octanol–water partition coefficient (Wildman–Crippen LogP) is 4.29. The Morgan fingerprint density at radius 2 is 1.00 bits per heavy atom. The van der Waals surface area contributed by atoms with Crippen molar-refractivity contribution >= 4 is 0 Å². The Labute approximate surface area is 126 Å². The quantitative estimate of drug-likeness (QED) is 0.406. The van der Waals surface area contributed by atoms with Gasteiger partial charge in [0.25, 0.3) is 0 Å². The molecule has 20 heavy (non-hydrogen) atoms. The molecule has 0 fully saturated rings. The van der Waals surface area contributed by atoms with Crippen LogP contribution < -0.4 is 5.73 Å². The van der Waals surface area contributed by atoms with Gasteiger partial charge in [0.1, 0.15) is 0 Å². The number of rotatable bonds is 17. The molecule has 0 aliphatic rings. The molecule has 0 radical (unpaired) electrons. The summed E-state index contributed by atoms with van der Waals surface area (Å²) in [6.07, 6.45) is 14.7. The Bertz CT molecular complexity index is 147. The van der Waals surface area contributed by atoms with E-state index in [-0.39, 0.29) is 0 Å². The lowest BCUT2D eigenvalue weighted by Gasteiger charge is -2.05. The minimum Gasteiger partial charge on any atom is -0.379 e. The molecule has 0 spiro atoms. The van der Waals surface area contributed by atoms with Crippen LogP contribution in [0.1, 0.15) is 77.6 Å². The van der Waals surface area contributed by atoms with Gasteiger partial charge in [-0.05, 0) is 19.4 Å². The van der Waals surface area contributed by atoms with Crippen LogP contribution in [0.25, 0.3) is 0 Å². The summed E-state index contributed by atoms with van der Waals surface area (Å²) in [5, 5.41) is 0. The van der Waals surface area contributed by atoms with Crippen LogP contribution >= 0.6 is 0 Å². The van der Waals surface area contributed by atoms with Gasteiger partial charge in [-0.25, -0.2) is 0 Å². The maximum Gasteiger partial charge on any atom is 0.0700 e. The molecule has 0 aromatic carbocycles. The Morgan fingerprint density at radius 1 is 0.550 bits per heavy atom. The molecule has 0 aliphatic carbocycles. The molecule has 0 saturated heterocycles. The van der Waals surface area contributed by atoms with Crippen molar-refractivity contribution in [3.05, 3.63) is 0 Å². The fraction of sp³-hybridized carbons (Fsp3) is 1.00. The smallest absolute Gasteiger partial charge is 0.0700 e. The molecule has 0 bridgehead atoms. The number of hydrogen-bond acceptors (Lipinski definition) is 3. The largest absolute Gasteiger partial charge is 0.379 e. The molecule has 0 amide bonds. The van der Waals surface area contributed by atoms with Crippen LogP contribution in [0.5, 0.6) is 0 Å². The van der Waals surface area contributed by atoms with Gasteiger partial charge in [0.2, 0.25) is 0 Å². The highest BCUT2D eigenvalue weighted by atomic mass is 16.5. The van der Waals surface area contributed by atoms with Gasteiger partial charge in [0.15, 0.2) is 0 Å². The molecule has 2 N–H and O–H groups in total. The fourth-order valence-corrected chi connectivity index (χ4v) is 2.20. The van der Waals surface area contributed by atoms with Gasteiger partial charge in [-0.15, -0.1) is 0 Å². The molecule has 0 heterocycles. The van der Waals surface area contributed by atoms with Crippen LogP contribution in [0.2, 0.25) is 0 Å². The average molecular weight is 287 g/mol. The lowest BCUT2D eigenvalue weighted by molar-refractivity contribution is 0.0460. The molecule has 3 heteroatoms. The minimum atomic E-state index is 0.706. The van der Waals surface area contributed by atoms with Gasteiger partial charge >= 0.3 is 0 Å². The Balaban J connectivity index is 2.89. The van der Waals surface area contributed by atoms with Gasteiger partial charge in [-0.3, -0.25) is 0 Å². The third-order valence-corrected chi connectivity index (χ3v) is 3.51. The van der Waals surface area contributed by atoms with Crippen LogP contribution in [0.3, 0.4) is 0 Å². The van der Waals surface area contributed by atoms with Crippen molar-refractivity contribution in [2.24, 2.45) is 5.73 Å². The van der Waals surface area contributed by atoms with Crippen molar-refractivity contribution < 1.29 is 9.47 Å². The second-order valence-electron chi connectivity index (χ2n) is 5.55. The summed E-state index contributed by atoms with van der Waals surface area (Å²) in [5.41, 5.74) is 5.38. The standard InChI is InChI=1S/C17H37NO2/c1-2-3-4-5-6-7-8-9-10-11-14-19-16-17-20-15-12-13-18/h2-18H2,1H3. The summed E-state index contributed by atoms with van der Waals surface area (Å²) in [7, 11) is 0. The lowest BCUT2D eigenvalue weighted by Crippen LogP contribution is -2.09. The molecule has 3 nitrogen and oxygen atoms in total. The second kappa shape index (κ2) is 18.9. The Kier molecular flexibility index (Phi) is 18.8. The van der Waals surface area contributed by atoms with E-state index in [0.717, 1.165) is 26.2 Å². The number of unbranched alkanes of at least 4 members (excludes halogenated alkanes) is 9. The van der Waals surface area contributed by atoms with Gasteiger partial charge in [-0.2, -0.15) is 0 Å². The first-order valence-corrected chi connectivity index (χ1v) is 8.77. The maximum atomic E-state index is 5.53. The number of nitrogens with two attached hydrogens (primary N) is 1. The monoisotopic (exact) mass is 287 g/mol. The van der Waals surface area contributed by atoms with Crippen molar-refractivity contribution in [3.63, 3.8) is 0 Å². The topological polar surface area (TPSA) is 44.5 Å². The van der Waals surface area contributed by atoms with Gasteiger partial charge in [0.05, 0.1) is 13.2 Å². The van der Waals surface area contributed by atoms with Gasteiger partial charge in [-0.1, -0.05) is 64.7 Å². The fourth-order valence-electron chi connectivity index (χ4n) is 2.20. The van der Waals surface area contributed by atoms with Crippen molar-refractivity contribution in [2.75, 3.05) is 33.0 Å². The van der Waals surface area contributed by atoms with Crippen molar-refractivity contribution in [1.82, 2.24) is 0 Å². The summed E-state index contributed by atoms with van der Waals surface area (Å²) in [5.74, 6) is 0. The van der Waals surface area contributed by atoms with Gasteiger partial charge in [0, 0.05) is 13.2 Å². The lowest BCUT2D eigenvalue weighted by atomic mass is 10.1. The van der Waals surface area contributed by atoms with Gasteiger partial charge < -0.3 is 15.2 Å². The third kappa shape index (κ3) is 17.9. The highest BCUT2D eigenvalue weighted by molar-refractivity contribution is 4.47. The van der Waals surface area contributed by atoms with Crippen LogP contribution in [-0.4, -0.2) is 33.0 Å². The zero-order chi connectivity index (χ0) is 14.7. The Morgan fingerprint density at radius 3 is 1.50 bits per heavy atom. The molecular formula is C17H37NO2. The zero-order valence-electron chi connectivity index (χ0n) is 13.7. The summed E-state index contributed by atoms with van der Waals surface area (Å²) >= 11 is 0. The van der Waals surface area contributed by atoms with Crippen molar-refractivity contribution in [1.29, 1.82) is 0 Å². The molecule has 0 aliphatic heterocycles. The van der Waals surface area contributed by atoms with Crippen molar-refractivity contribution in [3.8, 4) is 0 Å². The highest BCUT2D eigenvalue weighted by Gasteiger charge is 1.93. The average Bonchev–Trinajstić information content (AvgIpc) is 2.47. The molecule has 0 aromatic rings. The van der Waals surface area contributed by atoms with Crippen LogP contribution in [0.4, 0.5) is 0 Å². The minimum absolute atomic E-state index is 0.706. The van der Waals surface area contributed by atoms with E-state index >= 15 is 0 Å². The molecule has 122 valence electrons. The van der Waals surface area contributed by atoms with E-state index in [0.29, 0.717) is 13.2 Å². The summed E-state index contributed by atoms with van der Waals surface area (Å²) in [6.45, 7) is 6.06. The summed E-state index contributed by atoms with van der Waals surface area (Å²) < 4.78 is 10.9. The molecular weight excluding hydrogens is 250 g/mol. The molecule has 0 saturated carbocycles. The van der Waals surface area contributed by atoms with Crippen molar-refractivity contribution in [2.45, 2.75) is 77.6 Å². The maximum absolute atomic E-state index is 5.53. The predicted molar refractivity (Wildman–Crippen MR) is 87.2 cm³/mol. The van der Waals surface area contributed by atoms with E-state index in [1.165, 1.54) is 64.2 Å². The molecule has 0 atom stereocenters. The normalized spacial score (nSPS) is 11.1. The van der Waals surface area contributed by atoms with Crippen LogP contribution in [0, 0.1) is 0 Å². The summed E-state index contributed by atoms with van der Waals surface area (Å²) in [4.78, 5) is 0. The molecule has 0 rings (SSSR count). The molecule has 0 aromatic heterocycles. The van der Waals surface area contributed by atoms with E-state index in [2.05, 4.69) is 6.92 Å². The second-order valence-corrected chi connectivity index (χ2v) is 5.55. The SMILES string of the molecule is CCCCCCCCCCCCOCCOCCCN. The number of hydrogen-bond donors (Lipinski definition) is 1. The number of ether oxygens (including phenoxy) is 2. The highest BCUT2D eigenvalue weighted by Crippen LogP contribution is 2.10. The van der Waals surface area contributed by atoms with E-state index in [1.54, 1.807) is 0 Å². The zero-order valence-corrected chi connectivity index (χ0v) is 13.7. The molecule has 0 unspecified atom stereocenters. The van der Waals surface area contributed by atoms with E-state index in [9.17, 15) is 0 Å². The van der Waals surface area contributed by atoms with E-state index in [4.69, 9.17) is 15.2 Å². The Hall–Kier alpha value is -0.120. The summed E-state index contributed by atoms with van der Waals surface area (Å²) in [6, 6.07) is 0. The third-order valence-electron chi connectivity index (χ3n) is 3.51. The van der Waals surface area contributed by atoms with E-state index < -0.39 is 0 Å². The first kappa shape index (κ1) is 19.9.